The largest absolute Gasteiger partial charge is 0.492 e. The van der Waals surface area contributed by atoms with Gasteiger partial charge in [0.2, 0.25) is 0 Å². The van der Waals surface area contributed by atoms with Crippen molar-refractivity contribution >= 4 is 10.2 Å². The van der Waals surface area contributed by atoms with Gasteiger partial charge in [-0.3, -0.25) is 4.90 Å². The van der Waals surface area contributed by atoms with E-state index in [0.717, 1.165) is 38.2 Å². The fourth-order valence-corrected chi connectivity index (χ4v) is 3.14. The minimum atomic E-state index is -3.62. The average molecular weight is 338 g/mol. The molecule has 8 heteroatoms. The molecule has 23 heavy (non-hydrogen) atoms. The first-order valence-corrected chi connectivity index (χ1v) is 9.13. The molecule has 0 radical (unpaired) electrons. The quantitative estimate of drug-likeness (QED) is 0.750. The number of likely N-dealkylation sites (tertiary alicyclic amines) is 1. The molecule has 1 aromatic rings. The third-order valence-corrected chi connectivity index (χ3v) is 4.40. The summed E-state index contributed by atoms with van der Waals surface area (Å²) in [6.07, 6.45) is 2.03. The van der Waals surface area contributed by atoms with Crippen molar-refractivity contribution in [3.63, 3.8) is 0 Å². The number of nitrogens with zero attached hydrogens (tertiary/aromatic N) is 2. The first-order chi connectivity index (χ1) is 11.0. The molecule has 0 amide bonds. The van der Waals surface area contributed by atoms with Crippen molar-refractivity contribution < 1.29 is 13.2 Å². The fourth-order valence-electron chi connectivity index (χ4n) is 2.67. The zero-order valence-electron chi connectivity index (χ0n) is 12.9. The van der Waals surface area contributed by atoms with Gasteiger partial charge in [0.15, 0.2) is 0 Å². The van der Waals surface area contributed by atoms with Crippen LogP contribution in [0.5, 0.6) is 5.75 Å². The number of rotatable bonds is 7. The van der Waals surface area contributed by atoms with Crippen LogP contribution in [0.2, 0.25) is 0 Å². The summed E-state index contributed by atoms with van der Waals surface area (Å²) in [5.74, 6) is 1.02. The molecule has 1 heterocycles. The van der Waals surface area contributed by atoms with Crippen LogP contribution in [0.3, 0.4) is 0 Å². The van der Waals surface area contributed by atoms with E-state index in [0.29, 0.717) is 18.7 Å². The molecule has 1 fully saturated rings. The second-order valence-electron chi connectivity index (χ2n) is 5.69. The summed E-state index contributed by atoms with van der Waals surface area (Å²) in [6, 6.07) is 9.09. The molecule has 1 aliphatic heterocycles. The molecule has 0 spiro atoms. The maximum absolute atomic E-state index is 10.9. The van der Waals surface area contributed by atoms with Gasteiger partial charge < -0.3 is 4.74 Å². The van der Waals surface area contributed by atoms with E-state index in [-0.39, 0.29) is 5.92 Å². The Hall–Kier alpha value is -1.66. The van der Waals surface area contributed by atoms with Crippen molar-refractivity contribution in [3.05, 3.63) is 29.8 Å². The molecular weight excluding hydrogens is 316 g/mol. The molecule has 3 N–H and O–H groups in total. The van der Waals surface area contributed by atoms with E-state index in [9.17, 15) is 8.42 Å². The standard InChI is InChI=1S/C15H22N4O3S/c16-10-13-3-5-15(6-4-13)22-9-8-19-7-1-2-14(12-19)11-18-23(17,20)21/h3-6,14,18H,1-2,7-9,11-12H2,(H2,17,20,21)/t14-/m0/s1. The third-order valence-electron chi connectivity index (χ3n) is 3.84. The Morgan fingerprint density at radius 3 is 2.78 bits per heavy atom. The van der Waals surface area contributed by atoms with Crippen molar-refractivity contribution in [2.45, 2.75) is 12.8 Å². The number of nitrogens with two attached hydrogens (primary N) is 1. The van der Waals surface area contributed by atoms with Crippen LogP contribution in [0.15, 0.2) is 24.3 Å². The highest BCUT2D eigenvalue weighted by atomic mass is 32.2. The lowest BCUT2D eigenvalue weighted by atomic mass is 9.98. The zero-order valence-corrected chi connectivity index (χ0v) is 13.8. The van der Waals surface area contributed by atoms with E-state index < -0.39 is 10.2 Å². The molecule has 1 saturated heterocycles. The predicted molar refractivity (Wildman–Crippen MR) is 86.9 cm³/mol. The van der Waals surface area contributed by atoms with Gasteiger partial charge in [0.25, 0.3) is 10.2 Å². The van der Waals surface area contributed by atoms with Crippen LogP contribution in [-0.4, -0.2) is 46.1 Å². The third kappa shape index (κ3) is 6.54. The van der Waals surface area contributed by atoms with Crippen molar-refractivity contribution in [2.75, 3.05) is 32.8 Å². The van der Waals surface area contributed by atoms with Crippen LogP contribution in [0.1, 0.15) is 18.4 Å². The van der Waals surface area contributed by atoms with Gasteiger partial charge >= 0.3 is 0 Å². The monoisotopic (exact) mass is 338 g/mol. The van der Waals surface area contributed by atoms with Gasteiger partial charge in [0.1, 0.15) is 12.4 Å². The molecule has 0 unspecified atom stereocenters. The molecule has 0 bridgehead atoms. The van der Waals surface area contributed by atoms with Crippen molar-refractivity contribution in [3.8, 4) is 11.8 Å². The summed E-state index contributed by atoms with van der Waals surface area (Å²) in [5.41, 5.74) is 0.610. The average Bonchev–Trinajstić information content (AvgIpc) is 2.53. The van der Waals surface area contributed by atoms with Gasteiger partial charge in [-0.15, -0.1) is 0 Å². The number of piperidine rings is 1. The van der Waals surface area contributed by atoms with Crippen LogP contribution in [0.25, 0.3) is 0 Å². The molecule has 0 saturated carbocycles. The number of nitriles is 1. The maximum atomic E-state index is 10.9. The summed E-state index contributed by atoms with van der Waals surface area (Å²) in [6.45, 7) is 3.54. The van der Waals surface area contributed by atoms with Gasteiger partial charge in [0, 0.05) is 19.6 Å². The first-order valence-electron chi connectivity index (χ1n) is 7.59. The highest BCUT2D eigenvalue weighted by molar-refractivity contribution is 7.87. The van der Waals surface area contributed by atoms with Gasteiger partial charge in [-0.25, -0.2) is 9.86 Å². The highest BCUT2D eigenvalue weighted by Crippen LogP contribution is 2.16. The number of benzene rings is 1. The van der Waals surface area contributed by atoms with E-state index >= 15 is 0 Å². The summed E-state index contributed by atoms with van der Waals surface area (Å²) >= 11 is 0. The molecule has 2 rings (SSSR count). The van der Waals surface area contributed by atoms with E-state index in [4.69, 9.17) is 15.1 Å². The lowest BCUT2D eigenvalue weighted by Crippen LogP contribution is -2.43. The Morgan fingerprint density at radius 1 is 1.39 bits per heavy atom. The molecule has 1 atom stereocenters. The first kappa shape index (κ1) is 17.7. The minimum absolute atomic E-state index is 0.275. The van der Waals surface area contributed by atoms with E-state index in [1.807, 2.05) is 0 Å². The number of ether oxygens (including phenoxy) is 1. The topological polar surface area (TPSA) is 108 Å². The summed E-state index contributed by atoms with van der Waals surface area (Å²) in [4.78, 5) is 2.27. The van der Waals surface area contributed by atoms with Gasteiger partial charge in [-0.1, -0.05) is 0 Å². The normalized spacial score (nSPS) is 19.2. The predicted octanol–water partition coefficient (Wildman–Crippen LogP) is 0.442. The van der Waals surface area contributed by atoms with Crippen LogP contribution in [0.4, 0.5) is 0 Å². The smallest absolute Gasteiger partial charge is 0.274 e. The second kappa shape index (κ2) is 8.26. The maximum Gasteiger partial charge on any atom is 0.274 e. The lowest BCUT2D eigenvalue weighted by molar-refractivity contribution is 0.148. The summed E-state index contributed by atoms with van der Waals surface area (Å²) < 4.78 is 29.9. The Bertz CT molecular complexity index is 640. The fraction of sp³-hybridized carbons (Fsp3) is 0.533. The van der Waals surface area contributed by atoms with E-state index in [1.165, 1.54) is 0 Å². The number of nitrogens with one attached hydrogen (secondary N) is 1. The van der Waals surface area contributed by atoms with Gasteiger partial charge in [0.05, 0.1) is 11.6 Å². The SMILES string of the molecule is N#Cc1ccc(OCCN2CCC[C@@H](CNS(N)(=O)=O)C2)cc1. The molecule has 1 aromatic carbocycles. The van der Waals surface area contributed by atoms with Crippen LogP contribution in [-0.2, 0) is 10.2 Å². The van der Waals surface area contributed by atoms with Gasteiger partial charge in [-0.05, 0) is 49.6 Å². The number of hydrogen-bond donors (Lipinski definition) is 2. The van der Waals surface area contributed by atoms with Crippen LogP contribution >= 0.6 is 0 Å². The van der Waals surface area contributed by atoms with Crippen molar-refractivity contribution in [2.24, 2.45) is 11.1 Å². The molecule has 1 aliphatic rings. The minimum Gasteiger partial charge on any atom is -0.492 e. The lowest BCUT2D eigenvalue weighted by Gasteiger charge is -2.32. The van der Waals surface area contributed by atoms with Gasteiger partial charge in [-0.2, -0.15) is 13.7 Å². The zero-order chi connectivity index (χ0) is 16.7. The molecular formula is C15H22N4O3S. The van der Waals surface area contributed by atoms with E-state index in [2.05, 4.69) is 15.7 Å². The van der Waals surface area contributed by atoms with Crippen LogP contribution in [0, 0.1) is 17.2 Å². The summed E-state index contributed by atoms with van der Waals surface area (Å²) in [5, 5.41) is 13.7. The van der Waals surface area contributed by atoms with Crippen molar-refractivity contribution in [1.29, 1.82) is 5.26 Å². The Labute approximate surface area is 137 Å². The van der Waals surface area contributed by atoms with Crippen LogP contribution < -0.4 is 14.6 Å². The molecule has 126 valence electrons. The second-order valence-corrected chi connectivity index (χ2v) is 7.07. The molecule has 0 aliphatic carbocycles. The van der Waals surface area contributed by atoms with E-state index in [1.54, 1.807) is 24.3 Å². The Kier molecular flexibility index (Phi) is 6.36. The number of hydrogen-bond acceptors (Lipinski definition) is 5. The van der Waals surface area contributed by atoms with Crippen molar-refractivity contribution in [1.82, 2.24) is 9.62 Å². The Morgan fingerprint density at radius 2 is 2.13 bits per heavy atom. The highest BCUT2D eigenvalue weighted by Gasteiger charge is 2.20. The molecule has 0 aromatic heterocycles. The Balaban J connectivity index is 1.71. The summed E-state index contributed by atoms with van der Waals surface area (Å²) in [7, 11) is -3.62. The molecule has 7 nitrogen and oxygen atoms in total.